The van der Waals surface area contributed by atoms with E-state index >= 15 is 0 Å². The number of aliphatic hydroxyl groups is 1. The highest BCUT2D eigenvalue weighted by Crippen LogP contribution is 2.33. The molecule has 1 aliphatic heterocycles. The molecule has 1 fully saturated rings. The Morgan fingerprint density at radius 1 is 0.875 bits per heavy atom. The van der Waals surface area contributed by atoms with Gasteiger partial charge < -0.3 is 10.0 Å². The summed E-state index contributed by atoms with van der Waals surface area (Å²) < 4.78 is 0. The van der Waals surface area contributed by atoms with Gasteiger partial charge in [0.15, 0.2) is 0 Å². The van der Waals surface area contributed by atoms with Crippen LogP contribution in [-0.2, 0) is 5.60 Å². The molecule has 2 aromatic carbocycles. The molecule has 0 aromatic heterocycles. The molecule has 24 heavy (non-hydrogen) atoms. The molecule has 3 heteroatoms. The molecule has 1 N–H and O–H groups in total. The second kappa shape index (κ2) is 8.66. The summed E-state index contributed by atoms with van der Waals surface area (Å²) in [6, 6.07) is 18.4. The summed E-state index contributed by atoms with van der Waals surface area (Å²) in [5.41, 5.74) is 2.29. The van der Waals surface area contributed by atoms with Crippen molar-refractivity contribution in [3.63, 3.8) is 0 Å². The first-order chi connectivity index (χ1) is 11.2. The van der Waals surface area contributed by atoms with E-state index in [0.29, 0.717) is 0 Å². The molecule has 0 saturated carbocycles. The van der Waals surface area contributed by atoms with E-state index in [2.05, 4.69) is 36.1 Å². The summed E-state index contributed by atoms with van der Waals surface area (Å²) in [5, 5.41) is 11.5. The van der Waals surface area contributed by atoms with Gasteiger partial charge in [0.25, 0.3) is 0 Å². The molecule has 3 rings (SSSR count). The van der Waals surface area contributed by atoms with Crippen LogP contribution >= 0.6 is 12.4 Å². The number of hydrogen-bond donors (Lipinski definition) is 1. The van der Waals surface area contributed by atoms with Gasteiger partial charge in [-0.15, -0.1) is 12.4 Å². The predicted octanol–water partition coefficient (Wildman–Crippen LogP) is 4.53. The SMILES string of the molecule is Cc1ccc(C(O)(CCN2CCCCC2)c2ccccc2)cc1.Cl. The maximum atomic E-state index is 11.5. The van der Waals surface area contributed by atoms with Crippen molar-refractivity contribution in [3.05, 3.63) is 71.3 Å². The van der Waals surface area contributed by atoms with Gasteiger partial charge >= 0.3 is 0 Å². The van der Waals surface area contributed by atoms with Crippen LogP contribution in [0, 0.1) is 6.92 Å². The second-order valence-electron chi connectivity index (χ2n) is 6.74. The molecular formula is C21H28ClNO. The first-order valence-electron chi connectivity index (χ1n) is 8.76. The van der Waals surface area contributed by atoms with Crippen LogP contribution < -0.4 is 0 Å². The Bertz CT molecular complexity index is 607. The van der Waals surface area contributed by atoms with Crippen LogP contribution in [0.1, 0.15) is 42.4 Å². The fourth-order valence-corrected chi connectivity index (χ4v) is 3.50. The molecule has 2 aromatic rings. The average Bonchev–Trinajstić information content (AvgIpc) is 2.62. The van der Waals surface area contributed by atoms with Gasteiger partial charge in [-0.2, -0.15) is 0 Å². The Balaban J connectivity index is 0.00000208. The van der Waals surface area contributed by atoms with Crippen molar-refractivity contribution in [2.45, 2.75) is 38.2 Å². The summed E-state index contributed by atoms with van der Waals surface area (Å²) in [6.45, 7) is 5.36. The summed E-state index contributed by atoms with van der Waals surface area (Å²) in [7, 11) is 0. The lowest BCUT2D eigenvalue weighted by Gasteiger charge is -2.34. The zero-order chi connectivity index (χ0) is 16.1. The van der Waals surface area contributed by atoms with Gasteiger partial charge in [-0.3, -0.25) is 0 Å². The normalized spacial score (nSPS) is 17.8. The van der Waals surface area contributed by atoms with Gasteiger partial charge in [-0.1, -0.05) is 66.6 Å². The Morgan fingerprint density at radius 2 is 1.46 bits per heavy atom. The second-order valence-corrected chi connectivity index (χ2v) is 6.74. The maximum Gasteiger partial charge on any atom is 0.116 e. The molecule has 0 aliphatic carbocycles. The minimum Gasteiger partial charge on any atom is -0.380 e. The smallest absolute Gasteiger partial charge is 0.116 e. The zero-order valence-corrected chi connectivity index (χ0v) is 15.3. The number of hydrogen-bond acceptors (Lipinski definition) is 2. The summed E-state index contributed by atoms with van der Waals surface area (Å²) in [4.78, 5) is 2.49. The molecule has 0 spiro atoms. The van der Waals surface area contributed by atoms with Gasteiger partial charge in [0.05, 0.1) is 0 Å². The molecule has 1 unspecified atom stereocenters. The van der Waals surface area contributed by atoms with E-state index < -0.39 is 5.60 Å². The lowest BCUT2D eigenvalue weighted by molar-refractivity contribution is 0.0545. The van der Waals surface area contributed by atoms with Gasteiger partial charge in [-0.05, 0) is 50.4 Å². The average molecular weight is 346 g/mol. The number of aryl methyl sites for hydroxylation is 1. The third-order valence-corrected chi connectivity index (χ3v) is 5.02. The largest absolute Gasteiger partial charge is 0.380 e. The van der Waals surface area contributed by atoms with Crippen molar-refractivity contribution in [1.82, 2.24) is 4.90 Å². The predicted molar refractivity (Wildman–Crippen MR) is 103 cm³/mol. The molecule has 0 amide bonds. The molecule has 130 valence electrons. The quantitative estimate of drug-likeness (QED) is 0.860. The van der Waals surface area contributed by atoms with Crippen LogP contribution in [0.5, 0.6) is 0 Å². The highest BCUT2D eigenvalue weighted by molar-refractivity contribution is 5.85. The van der Waals surface area contributed by atoms with Gasteiger partial charge in [0.2, 0.25) is 0 Å². The Kier molecular flexibility index (Phi) is 6.85. The topological polar surface area (TPSA) is 23.5 Å². The van der Waals surface area contributed by atoms with E-state index in [9.17, 15) is 5.11 Å². The minimum absolute atomic E-state index is 0. The molecule has 1 saturated heterocycles. The molecule has 0 radical (unpaired) electrons. The van der Waals surface area contributed by atoms with Crippen LogP contribution in [0.4, 0.5) is 0 Å². The highest BCUT2D eigenvalue weighted by Gasteiger charge is 2.31. The van der Waals surface area contributed by atoms with Crippen LogP contribution in [0.25, 0.3) is 0 Å². The van der Waals surface area contributed by atoms with E-state index in [-0.39, 0.29) is 12.4 Å². The minimum atomic E-state index is -0.910. The van der Waals surface area contributed by atoms with Gasteiger partial charge in [0, 0.05) is 6.54 Å². The first kappa shape index (κ1) is 19.0. The van der Waals surface area contributed by atoms with Crippen LogP contribution in [0.2, 0.25) is 0 Å². The molecule has 1 heterocycles. The van der Waals surface area contributed by atoms with E-state index in [4.69, 9.17) is 0 Å². The number of benzene rings is 2. The van der Waals surface area contributed by atoms with Crippen LogP contribution in [0.3, 0.4) is 0 Å². The summed E-state index contributed by atoms with van der Waals surface area (Å²) >= 11 is 0. The van der Waals surface area contributed by atoms with Crippen LogP contribution in [-0.4, -0.2) is 29.6 Å². The lowest BCUT2D eigenvalue weighted by atomic mass is 9.83. The first-order valence-corrected chi connectivity index (χ1v) is 8.76. The number of likely N-dealkylation sites (tertiary alicyclic amines) is 1. The number of rotatable bonds is 5. The van der Waals surface area contributed by atoms with Crippen molar-refractivity contribution in [2.75, 3.05) is 19.6 Å². The molecule has 1 atom stereocenters. The summed E-state index contributed by atoms with van der Waals surface area (Å²) in [6.07, 6.45) is 4.65. The molecule has 2 nitrogen and oxygen atoms in total. The van der Waals surface area contributed by atoms with Crippen molar-refractivity contribution < 1.29 is 5.11 Å². The third-order valence-electron chi connectivity index (χ3n) is 5.02. The Morgan fingerprint density at radius 3 is 2.08 bits per heavy atom. The monoisotopic (exact) mass is 345 g/mol. The fourth-order valence-electron chi connectivity index (χ4n) is 3.50. The van der Waals surface area contributed by atoms with E-state index in [1.54, 1.807) is 0 Å². The molecule has 1 aliphatic rings. The fraction of sp³-hybridized carbons (Fsp3) is 0.429. The van der Waals surface area contributed by atoms with Crippen molar-refractivity contribution >= 4 is 12.4 Å². The standard InChI is InChI=1S/C21H27NO.ClH/c1-18-10-12-20(13-11-18)21(23,19-8-4-2-5-9-19)14-17-22-15-6-3-7-16-22;/h2,4-5,8-13,23H,3,6-7,14-17H2,1H3;1H. The highest BCUT2D eigenvalue weighted by atomic mass is 35.5. The van der Waals surface area contributed by atoms with Crippen molar-refractivity contribution in [1.29, 1.82) is 0 Å². The number of piperidine rings is 1. The van der Waals surface area contributed by atoms with Crippen molar-refractivity contribution in [2.24, 2.45) is 0 Å². The van der Waals surface area contributed by atoms with Gasteiger partial charge in [-0.25, -0.2) is 0 Å². The summed E-state index contributed by atoms with van der Waals surface area (Å²) in [5.74, 6) is 0. The Labute approximate surface area is 151 Å². The van der Waals surface area contributed by atoms with E-state index in [1.165, 1.54) is 37.9 Å². The third kappa shape index (κ3) is 4.38. The maximum absolute atomic E-state index is 11.5. The van der Waals surface area contributed by atoms with E-state index in [0.717, 1.165) is 24.1 Å². The van der Waals surface area contributed by atoms with E-state index in [1.807, 2.05) is 30.3 Å². The number of nitrogens with zero attached hydrogens (tertiary/aromatic N) is 1. The van der Waals surface area contributed by atoms with Crippen LogP contribution in [0.15, 0.2) is 54.6 Å². The van der Waals surface area contributed by atoms with Crippen molar-refractivity contribution in [3.8, 4) is 0 Å². The van der Waals surface area contributed by atoms with Gasteiger partial charge in [0.1, 0.15) is 5.60 Å². The lowest BCUT2D eigenvalue weighted by Crippen LogP contribution is -2.36. The molecular weight excluding hydrogens is 318 g/mol. The Hall–Kier alpha value is -1.35. The number of halogens is 1. The zero-order valence-electron chi connectivity index (χ0n) is 14.4. The molecule has 0 bridgehead atoms.